The van der Waals surface area contributed by atoms with Gasteiger partial charge in [0.05, 0.1) is 18.7 Å². The SMILES string of the molecule is COC(=O)c1ccc(OC2=CC(=O)N(C)C2=O)cc1. The summed E-state index contributed by atoms with van der Waals surface area (Å²) < 4.78 is 9.85. The van der Waals surface area contributed by atoms with Gasteiger partial charge in [0.1, 0.15) is 5.75 Å². The summed E-state index contributed by atoms with van der Waals surface area (Å²) in [6.07, 6.45) is 1.12. The Bertz CT molecular complexity index is 573. The second-order valence-electron chi connectivity index (χ2n) is 3.83. The molecule has 0 saturated carbocycles. The molecule has 1 aliphatic rings. The van der Waals surface area contributed by atoms with Crippen LogP contribution in [0.5, 0.6) is 5.75 Å². The molecule has 0 fully saturated rings. The summed E-state index contributed by atoms with van der Waals surface area (Å²) in [6, 6.07) is 6.05. The largest absolute Gasteiger partial charge is 0.465 e. The molecule has 6 heteroatoms. The first-order valence-electron chi connectivity index (χ1n) is 5.43. The van der Waals surface area contributed by atoms with E-state index in [1.165, 1.54) is 38.4 Å². The average molecular weight is 261 g/mol. The van der Waals surface area contributed by atoms with Crippen LogP contribution in [0, 0.1) is 0 Å². The van der Waals surface area contributed by atoms with Gasteiger partial charge in [-0.05, 0) is 24.3 Å². The van der Waals surface area contributed by atoms with E-state index in [-0.39, 0.29) is 5.76 Å². The molecule has 0 spiro atoms. The summed E-state index contributed by atoms with van der Waals surface area (Å²) >= 11 is 0. The smallest absolute Gasteiger partial charge is 0.337 e. The fourth-order valence-corrected chi connectivity index (χ4v) is 1.51. The Balaban J connectivity index is 2.13. The Kier molecular flexibility index (Phi) is 3.33. The van der Waals surface area contributed by atoms with Gasteiger partial charge in [-0.3, -0.25) is 14.5 Å². The summed E-state index contributed by atoms with van der Waals surface area (Å²) in [5.41, 5.74) is 0.370. The third-order valence-corrected chi connectivity index (χ3v) is 2.60. The number of hydrogen-bond acceptors (Lipinski definition) is 5. The first-order valence-corrected chi connectivity index (χ1v) is 5.43. The van der Waals surface area contributed by atoms with Gasteiger partial charge in [0, 0.05) is 7.05 Å². The van der Waals surface area contributed by atoms with Crippen LogP contribution in [0.3, 0.4) is 0 Å². The number of benzene rings is 1. The van der Waals surface area contributed by atoms with E-state index >= 15 is 0 Å². The molecule has 1 aliphatic heterocycles. The quantitative estimate of drug-likeness (QED) is 0.592. The third kappa shape index (κ3) is 2.47. The monoisotopic (exact) mass is 261 g/mol. The van der Waals surface area contributed by atoms with Crippen LogP contribution in [0.25, 0.3) is 0 Å². The van der Waals surface area contributed by atoms with Crippen molar-refractivity contribution < 1.29 is 23.9 Å². The van der Waals surface area contributed by atoms with E-state index in [0.717, 1.165) is 11.0 Å². The highest BCUT2D eigenvalue weighted by atomic mass is 16.5. The minimum absolute atomic E-state index is 0.0432. The zero-order valence-corrected chi connectivity index (χ0v) is 10.4. The summed E-state index contributed by atoms with van der Waals surface area (Å²) in [5, 5.41) is 0. The molecule has 1 aromatic carbocycles. The van der Waals surface area contributed by atoms with Gasteiger partial charge >= 0.3 is 5.97 Å². The molecule has 0 saturated heterocycles. The molecule has 0 aliphatic carbocycles. The van der Waals surface area contributed by atoms with Gasteiger partial charge in [-0.15, -0.1) is 0 Å². The first kappa shape index (κ1) is 12.8. The predicted molar refractivity (Wildman–Crippen MR) is 64.3 cm³/mol. The number of methoxy groups -OCH3 is 1. The fraction of sp³-hybridized carbons (Fsp3) is 0.154. The van der Waals surface area contributed by atoms with Gasteiger partial charge in [-0.1, -0.05) is 0 Å². The molecule has 0 atom stereocenters. The van der Waals surface area contributed by atoms with E-state index in [9.17, 15) is 14.4 Å². The first-order chi connectivity index (χ1) is 9.02. The van der Waals surface area contributed by atoms with E-state index in [1.54, 1.807) is 0 Å². The topological polar surface area (TPSA) is 72.9 Å². The molecular weight excluding hydrogens is 250 g/mol. The lowest BCUT2D eigenvalue weighted by Crippen LogP contribution is -2.27. The van der Waals surface area contributed by atoms with Crippen LogP contribution in [-0.2, 0) is 14.3 Å². The van der Waals surface area contributed by atoms with Crippen molar-refractivity contribution in [1.29, 1.82) is 0 Å². The van der Waals surface area contributed by atoms with Crippen LogP contribution in [0.4, 0.5) is 0 Å². The van der Waals surface area contributed by atoms with Crippen LogP contribution >= 0.6 is 0 Å². The van der Waals surface area contributed by atoms with Crippen molar-refractivity contribution in [2.75, 3.05) is 14.2 Å². The average Bonchev–Trinajstić information content (AvgIpc) is 2.66. The minimum Gasteiger partial charge on any atom is -0.465 e. The highest BCUT2D eigenvalue weighted by Gasteiger charge is 2.29. The Labute approximate surface area is 109 Å². The number of ether oxygens (including phenoxy) is 2. The lowest BCUT2D eigenvalue weighted by atomic mass is 10.2. The fourth-order valence-electron chi connectivity index (χ4n) is 1.51. The summed E-state index contributed by atoms with van der Waals surface area (Å²) in [4.78, 5) is 35.0. The minimum atomic E-state index is -0.498. The number of likely N-dealkylation sites (N-methyl/N-ethyl adjacent to an activating group) is 1. The molecule has 0 N–H and O–H groups in total. The summed E-state index contributed by atoms with van der Waals surface area (Å²) in [7, 11) is 2.66. The van der Waals surface area contributed by atoms with Crippen LogP contribution < -0.4 is 4.74 Å². The van der Waals surface area contributed by atoms with Crippen molar-refractivity contribution in [2.24, 2.45) is 0 Å². The van der Waals surface area contributed by atoms with Crippen molar-refractivity contribution in [3.63, 3.8) is 0 Å². The van der Waals surface area contributed by atoms with E-state index in [2.05, 4.69) is 4.74 Å². The third-order valence-electron chi connectivity index (χ3n) is 2.60. The maximum absolute atomic E-state index is 11.6. The zero-order chi connectivity index (χ0) is 14.0. The highest BCUT2D eigenvalue weighted by Crippen LogP contribution is 2.19. The second-order valence-corrected chi connectivity index (χ2v) is 3.83. The second kappa shape index (κ2) is 4.93. The Morgan fingerprint density at radius 2 is 1.79 bits per heavy atom. The molecule has 0 aromatic heterocycles. The van der Waals surface area contributed by atoms with E-state index in [1.807, 2.05) is 0 Å². The molecule has 0 bridgehead atoms. The van der Waals surface area contributed by atoms with Gasteiger partial charge in [0.2, 0.25) is 0 Å². The van der Waals surface area contributed by atoms with Gasteiger partial charge in [-0.25, -0.2) is 4.79 Å². The Morgan fingerprint density at radius 1 is 1.16 bits per heavy atom. The number of carbonyl (C=O) groups excluding carboxylic acids is 3. The normalized spacial score (nSPS) is 14.4. The number of hydrogen-bond donors (Lipinski definition) is 0. The molecule has 2 rings (SSSR count). The standard InChI is InChI=1S/C13H11NO5/c1-14-11(15)7-10(12(14)16)19-9-5-3-8(4-6-9)13(17)18-2/h3-7H,1-2H3. The molecular formula is C13H11NO5. The molecule has 0 unspecified atom stereocenters. The van der Waals surface area contributed by atoms with Crippen molar-refractivity contribution in [1.82, 2.24) is 4.90 Å². The van der Waals surface area contributed by atoms with Crippen molar-refractivity contribution in [3.05, 3.63) is 41.7 Å². The number of esters is 1. The molecule has 6 nitrogen and oxygen atoms in total. The lowest BCUT2D eigenvalue weighted by molar-refractivity contribution is -0.136. The van der Waals surface area contributed by atoms with Crippen LogP contribution in [0.1, 0.15) is 10.4 Å². The maximum Gasteiger partial charge on any atom is 0.337 e. The highest BCUT2D eigenvalue weighted by molar-refractivity contribution is 6.15. The number of rotatable bonds is 3. The Morgan fingerprint density at radius 3 is 2.26 bits per heavy atom. The van der Waals surface area contributed by atoms with Gasteiger partial charge in [0.15, 0.2) is 5.76 Å². The maximum atomic E-state index is 11.6. The molecule has 19 heavy (non-hydrogen) atoms. The molecule has 0 radical (unpaired) electrons. The lowest BCUT2D eigenvalue weighted by Gasteiger charge is -2.08. The molecule has 1 aromatic rings. The number of carbonyl (C=O) groups is 3. The van der Waals surface area contributed by atoms with Crippen LogP contribution in [0.2, 0.25) is 0 Å². The van der Waals surface area contributed by atoms with Crippen molar-refractivity contribution in [3.8, 4) is 5.75 Å². The summed E-state index contributed by atoms with van der Waals surface area (Å²) in [5.74, 6) is -1.07. The zero-order valence-electron chi connectivity index (χ0n) is 10.4. The van der Waals surface area contributed by atoms with Crippen LogP contribution in [-0.4, -0.2) is 36.8 Å². The van der Waals surface area contributed by atoms with Gasteiger partial charge in [-0.2, -0.15) is 0 Å². The number of imide groups is 1. The van der Waals surface area contributed by atoms with Gasteiger partial charge < -0.3 is 9.47 Å². The summed E-state index contributed by atoms with van der Waals surface area (Å²) in [6.45, 7) is 0. The van der Waals surface area contributed by atoms with E-state index < -0.39 is 17.8 Å². The molecule has 1 heterocycles. The van der Waals surface area contributed by atoms with E-state index in [4.69, 9.17) is 4.74 Å². The van der Waals surface area contributed by atoms with Gasteiger partial charge in [0.25, 0.3) is 11.8 Å². The predicted octanol–water partition coefficient (Wildman–Crippen LogP) is 0.735. The number of nitrogens with zero attached hydrogens (tertiary/aromatic N) is 1. The van der Waals surface area contributed by atoms with Crippen molar-refractivity contribution >= 4 is 17.8 Å². The Hall–Kier alpha value is -2.63. The molecule has 2 amide bonds. The number of amides is 2. The van der Waals surface area contributed by atoms with Crippen molar-refractivity contribution in [2.45, 2.75) is 0 Å². The molecule has 98 valence electrons. The van der Waals surface area contributed by atoms with Crippen LogP contribution in [0.15, 0.2) is 36.1 Å². The van der Waals surface area contributed by atoms with E-state index in [0.29, 0.717) is 11.3 Å².